The van der Waals surface area contributed by atoms with Gasteiger partial charge in [0.15, 0.2) is 0 Å². The topological polar surface area (TPSA) is 94.3 Å². The van der Waals surface area contributed by atoms with E-state index in [1.807, 2.05) is 30.1 Å². The second-order valence-electron chi connectivity index (χ2n) is 6.88. The van der Waals surface area contributed by atoms with Gasteiger partial charge in [-0.15, -0.1) is 5.10 Å². The van der Waals surface area contributed by atoms with E-state index in [1.54, 1.807) is 10.9 Å². The van der Waals surface area contributed by atoms with Crippen molar-refractivity contribution in [1.29, 1.82) is 0 Å². The quantitative estimate of drug-likeness (QED) is 0.578. The number of hydrogen-bond acceptors (Lipinski definition) is 5. The van der Waals surface area contributed by atoms with Gasteiger partial charge in [0, 0.05) is 42.7 Å². The third-order valence-corrected chi connectivity index (χ3v) is 4.50. The van der Waals surface area contributed by atoms with Crippen molar-refractivity contribution in [2.75, 3.05) is 0 Å². The van der Waals surface area contributed by atoms with E-state index in [0.29, 0.717) is 24.5 Å². The number of rotatable bonds is 5. The SMILES string of the molecule is Cc1cc(C)c(-c2cn(CCc3nc(C)cc(=O)[nH]3)nn2)c(-n2cccn2)c1. The van der Waals surface area contributed by atoms with Crippen LogP contribution in [0.4, 0.5) is 0 Å². The van der Waals surface area contributed by atoms with Gasteiger partial charge in [-0.05, 0) is 44.0 Å². The minimum Gasteiger partial charge on any atom is -0.310 e. The zero-order valence-electron chi connectivity index (χ0n) is 16.0. The average molecular weight is 375 g/mol. The molecule has 0 saturated carbocycles. The predicted molar refractivity (Wildman–Crippen MR) is 105 cm³/mol. The Labute approximate surface area is 161 Å². The van der Waals surface area contributed by atoms with Crippen LogP contribution in [0.1, 0.15) is 22.6 Å². The average Bonchev–Trinajstić information content (AvgIpc) is 3.30. The summed E-state index contributed by atoms with van der Waals surface area (Å²) in [5, 5.41) is 13.0. The molecule has 3 heterocycles. The van der Waals surface area contributed by atoms with E-state index in [4.69, 9.17) is 0 Å². The number of aromatic amines is 1. The summed E-state index contributed by atoms with van der Waals surface area (Å²) in [6.07, 6.45) is 6.16. The highest BCUT2D eigenvalue weighted by Gasteiger charge is 2.15. The van der Waals surface area contributed by atoms with Gasteiger partial charge in [-0.2, -0.15) is 5.10 Å². The zero-order valence-corrected chi connectivity index (χ0v) is 16.0. The first-order chi connectivity index (χ1) is 13.5. The van der Waals surface area contributed by atoms with Crippen LogP contribution in [0, 0.1) is 20.8 Å². The van der Waals surface area contributed by atoms with Crippen molar-refractivity contribution >= 4 is 0 Å². The second-order valence-corrected chi connectivity index (χ2v) is 6.88. The Morgan fingerprint density at radius 3 is 2.75 bits per heavy atom. The van der Waals surface area contributed by atoms with E-state index < -0.39 is 0 Å². The third-order valence-electron chi connectivity index (χ3n) is 4.50. The third kappa shape index (κ3) is 3.62. The lowest BCUT2D eigenvalue weighted by Crippen LogP contribution is -2.13. The lowest BCUT2D eigenvalue weighted by atomic mass is 10.0. The first kappa shape index (κ1) is 17.8. The Morgan fingerprint density at radius 2 is 2.00 bits per heavy atom. The number of aromatic nitrogens is 7. The first-order valence-electron chi connectivity index (χ1n) is 9.08. The molecule has 4 aromatic rings. The van der Waals surface area contributed by atoms with E-state index in [9.17, 15) is 4.79 Å². The molecule has 142 valence electrons. The number of aryl methyl sites for hydroxylation is 5. The van der Waals surface area contributed by atoms with E-state index >= 15 is 0 Å². The van der Waals surface area contributed by atoms with Crippen molar-refractivity contribution in [2.45, 2.75) is 33.7 Å². The molecular weight excluding hydrogens is 354 g/mol. The molecule has 1 aromatic carbocycles. The van der Waals surface area contributed by atoms with E-state index in [1.165, 1.54) is 6.07 Å². The fourth-order valence-electron chi connectivity index (χ4n) is 3.37. The van der Waals surface area contributed by atoms with Gasteiger partial charge in [-0.1, -0.05) is 11.3 Å². The molecular formula is C20H21N7O. The van der Waals surface area contributed by atoms with Crippen molar-refractivity contribution < 1.29 is 0 Å². The number of hydrogen-bond donors (Lipinski definition) is 1. The van der Waals surface area contributed by atoms with Gasteiger partial charge in [0.1, 0.15) is 11.5 Å². The van der Waals surface area contributed by atoms with Gasteiger partial charge >= 0.3 is 0 Å². The molecule has 0 bridgehead atoms. The second kappa shape index (κ2) is 7.22. The summed E-state index contributed by atoms with van der Waals surface area (Å²) in [7, 11) is 0. The van der Waals surface area contributed by atoms with Crippen LogP contribution in [0.5, 0.6) is 0 Å². The molecule has 0 radical (unpaired) electrons. The number of nitrogens with one attached hydrogen (secondary N) is 1. The molecule has 28 heavy (non-hydrogen) atoms. The molecule has 0 aliphatic carbocycles. The molecule has 0 atom stereocenters. The van der Waals surface area contributed by atoms with E-state index in [-0.39, 0.29) is 5.56 Å². The molecule has 0 spiro atoms. The lowest BCUT2D eigenvalue weighted by molar-refractivity contribution is 0.575. The molecule has 8 heteroatoms. The van der Waals surface area contributed by atoms with Crippen LogP contribution in [-0.4, -0.2) is 34.7 Å². The monoisotopic (exact) mass is 375 g/mol. The maximum atomic E-state index is 11.6. The summed E-state index contributed by atoms with van der Waals surface area (Å²) in [5.41, 5.74) is 5.60. The van der Waals surface area contributed by atoms with Crippen molar-refractivity contribution in [3.8, 4) is 16.9 Å². The molecule has 0 amide bonds. The van der Waals surface area contributed by atoms with Crippen LogP contribution in [0.25, 0.3) is 16.9 Å². The summed E-state index contributed by atoms with van der Waals surface area (Å²) in [5.74, 6) is 0.644. The number of nitrogens with zero attached hydrogens (tertiary/aromatic N) is 6. The molecule has 0 aliphatic rings. The summed E-state index contributed by atoms with van der Waals surface area (Å²) >= 11 is 0. The fraction of sp³-hybridized carbons (Fsp3) is 0.250. The van der Waals surface area contributed by atoms with Crippen molar-refractivity contribution in [2.24, 2.45) is 0 Å². The van der Waals surface area contributed by atoms with Gasteiger partial charge in [0.25, 0.3) is 5.56 Å². The summed E-state index contributed by atoms with van der Waals surface area (Å²) in [4.78, 5) is 18.7. The van der Waals surface area contributed by atoms with Crippen LogP contribution in [0.2, 0.25) is 0 Å². The molecule has 4 rings (SSSR count). The Balaban J connectivity index is 1.64. The number of H-pyrrole nitrogens is 1. The molecule has 0 aliphatic heterocycles. The van der Waals surface area contributed by atoms with Crippen molar-refractivity contribution in [3.05, 3.63) is 75.9 Å². The van der Waals surface area contributed by atoms with E-state index in [2.05, 4.69) is 51.4 Å². The maximum Gasteiger partial charge on any atom is 0.251 e. The van der Waals surface area contributed by atoms with E-state index in [0.717, 1.165) is 28.1 Å². The summed E-state index contributed by atoms with van der Waals surface area (Å²) in [6, 6.07) is 7.60. The minimum absolute atomic E-state index is 0.138. The molecule has 0 saturated heterocycles. The highest BCUT2D eigenvalue weighted by atomic mass is 16.1. The Bertz CT molecular complexity index is 1170. The maximum absolute atomic E-state index is 11.6. The molecule has 0 unspecified atom stereocenters. The Morgan fingerprint density at radius 1 is 1.14 bits per heavy atom. The summed E-state index contributed by atoms with van der Waals surface area (Å²) in [6.45, 7) is 6.51. The minimum atomic E-state index is -0.138. The van der Waals surface area contributed by atoms with Gasteiger partial charge < -0.3 is 4.98 Å². The first-order valence-corrected chi connectivity index (χ1v) is 9.08. The molecule has 1 N–H and O–H groups in total. The van der Waals surface area contributed by atoms with Crippen LogP contribution in [0.3, 0.4) is 0 Å². The Kier molecular flexibility index (Phi) is 4.60. The fourth-order valence-corrected chi connectivity index (χ4v) is 3.37. The summed E-state index contributed by atoms with van der Waals surface area (Å²) < 4.78 is 3.61. The highest BCUT2D eigenvalue weighted by molar-refractivity contribution is 5.73. The normalized spacial score (nSPS) is 11.1. The molecule has 8 nitrogen and oxygen atoms in total. The molecule has 0 fully saturated rings. The highest BCUT2D eigenvalue weighted by Crippen LogP contribution is 2.29. The smallest absolute Gasteiger partial charge is 0.251 e. The predicted octanol–water partition coefficient (Wildman–Crippen LogP) is 2.38. The largest absolute Gasteiger partial charge is 0.310 e. The van der Waals surface area contributed by atoms with Crippen molar-refractivity contribution in [1.82, 2.24) is 34.7 Å². The van der Waals surface area contributed by atoms with Crippen LogP contribution >= 0.6 is 0 Å². The van der Waals surface area contributed by atoms with Crippen LogP contribution < -0.4 is 5.56 Å². The van der Waals surface area contributed by atoms with Crippen molar-refractivity contribution in [3.63, 3.8) is 0 Å². The van der Waals surface area contributed by atoms with Gasteiger partial charge in [0.2, 0.25) is 0 Å². The lowest BCUT2D eigenvalue weighted by Gasteiger charge is -2.12. The van der Waals surface area contributed by atoms with Crippen LogP contribution in [-0.2, 0) is 13.0 Å². The molecule has 3 aromatic heterocycles. The number of benzene rings is 1. The van der Waals surface area contributed by atoms with Gasteiger partial charge in [-0.3, -0.25) is 9.48 Å². The van der Waals surface area contributed by atoms with Gasteiger partial charge in [-0.25, -0.2) is 9.67 Å². The van der Waals surface area contributed by atoms with Crippen LogP contribution in [0.15, 0.2) is 47.7 Å². The standard InChI is InChI=1S/C20H21N7O/c1-13-9-14(2)20(17(10-13)27-7-4-6-21-27)16-12-26(25-24-16)8-5-18-22-15(3)11-19(28)23-18/h4,6-7,9-12H,5,8H2,1-3H3,(H,22,23,28). The Hall–Kier alpha value is -3.55. The zero-order chi connectivity index (χ0) is 19.7. The van der Waals surface area contributed by atoms with Gasteiger partial charge in [0.05, 0.1) is 11.9 Å².